The molecule has 0 saturated carbocycles. The first-order chi connectivity index (χ1) is 10.1. The topological polar surface area (TPSA) is 50.9 Å². The van der Waals surface area contributed by atoms with Crippen LogP contribution in [0.4, 0.5) is 0 Å². The van der Waals surface area contributed by atoms with Crippen molar-refractivity contribution < 1.29 is 5.11 Å². The van der Waals surface area contributed by atoms with Crippen molar-refractivity contribution in [2.24, 2.45) is 0 Å². The molecule has 4 nitrogen and oxygen atoms in total. The lowest BCUT2D eigenvalue weighted by molar-refractivity contribution is 0.282. The molecule has 0 spiro atoms. The third kappa shape index (κ3) is 2.41. The van der Waals surface area contributed by atoms with E-state index in [9.17, 15) is 5.11 Å². The van der Waals surface area contributed by atoms with Crippen molar-refractivity contribution in [1.82, 2.24) is 14.5 Å². The molecule has 0 amide bonds. The molecule has 3 rings (SSSR count). The van der Waals surface area contributed by atoms with Crippen LogP contribution in [0.25, 0.3) is 22.2 Å². The van der Waals surface area contributed by atoms with Gasteiger partial charge in [0, 0.05) is 17.8 Å². The fourth-order valence-electron chi connectivity index (χ4n) is 2.50. The van der Waals surface area contributed by atoms with Crippen LogP contribution in [0.5, 0.6) is 0 Å². The molecule has 0 aliphatic rings. The summed E-state index contributed by atoms with van der Waals surface area (Å²) >= 11 is 6.29. The van der Waals surface area contributed by atoms with Gasteiger partial charge >= 0.3 is 0 Å². The molecule has 1 aromatic carbocycles. The van der Waals surface area contributed by atoms with Gasteiger partial charge in [0.15, 0.2) is 0 Å². The van der Waals surface area contributed by atoms with Gasteiger partial charge in [-0.3, -0.25) is 0 Å². The Kier molecular flexibility index (Phi) is 3.66. The third-order valence-corrected chi connectivity index (χ3v) is 3.83. The number of benzene rings is 1. The summed E-state index contributed by atoms with van der Waals surface area (Å²) in [5.41, 5.74) is 3.68. The Morgan fingerprint density at radius 1 is 1.29 bits per heavy atom. The Labute approximate surface area is 128 Å². The maximum atomic E-state index is 9.31. The number of aliphatic hydroxyl groups excluding tert-OH is 1. The average Bonchev–Trinajstić information content (AvgIpc) is 2.88. The standard InChI is InChI=1S/C16H16ClN3O/c1-10(2)20-7-13(12-5-3-4-11(6-12)8-21)14-15(17)18-9-19-16(14)20/h3-7,9-10,21H,8H2,1-2H3. The lowest BCUT2D eigenvalue weighted by Gasteiger charge is -2.07. The van der Waals surface area contributed by atoms with E-state index < -0.39 is 0 Å². The maximum Gasteiger partial charge on any atom is 0.145 e. The number of aromatic nitrogens is 3. The second-order valence-electron chi connectivity index (χ2n) is 5.27. The van der Waals surface area contributed by atoms with E-state index in [1.807, 2.05) is 30.5 Å². The zero-order valence-corrected chi connectivity index (χ0v) is 12.7. The SMILES string of the molecule is CC(C)n1cc(-c2cccc(CO)c2)c2c(Cl)ncnc21. The number of nitrogens with zero attached hydrogens (tertiary/aromatic N) is 3. The molecule has 0 unspecified atom stereocenters. The van der Waals surface area contributed by atoms with Crippen LogP contribution >= 0.6 is 11.6 Å². The molecule has 0 radical (unpaired) electrons. The fraction of sp³-hybridized carbons (Fsp3) is 0.250. The zero-order chi connectivity index (χ0) is 15.0. The van der Waals surface area contributed by atoms with Crippen molar-refractivity contribution in [2.75, 3.05) is 0 Å². The Bertz CT molecular complexity index is 795. The molecule has 3 aromatic rings. The predicted molar refractivity (Wildman–Crippen MR) is 84.3 cm³/mol. The number of halogens is 1. The van der Waals surface area contributed by atoms with Crippen LogP contribution in [0.3, 0.4) is 0 Å². The quantitative estimate of drug-likeness (QED) is 0.748. The van der Waals surface area contributed by atoms with Crippen LogP contribution < -0.4 is 0 Å². The molecule has 0 saturated heterocycles. The van der Waals surface area contributed by atoms with Gasteiger partial charge in [0.05, 0.1) is 12.0 Å². The van der Waals surface area contributed by atoms with Gasteiger partial charge in [-0.2, -0.15) is 0 Å². The average molecular weight is 302 g/mol. The van der Waals surface area contributed by atoms with Crippen molar-refractivity contribution in [2.45, 2.75) is 26.5 Å². The van der Waals surface area contributed by atoms with Crippen molar-refractivity contribution in [3.63, 3.8) is 0 Å². The molecule has 0 aliphatic carbocycles. The first-order valence-electron chi connectivity index (χ1n) is 6.83. The molecule has 0 fully saturated rings. The summed E-state index contributed by atoms with van der Waals surface area (Å²) in [6, 6.07) is 8.05. The summed E-state index contributed by atoms with van der Waals surface area (Å²) < 4.78 is 2.09. The second-order valence-corrected chi connectivity index (χ2v) is 5.62. The van der Waals surface area contributed by atoms with E-state index in [0.29, 0.717) is 5.15 Å². The molecule has 0 atom stereocenters. The Balaban J connectivity index is 2.31. The molecule has 5 heteroatoms. The molecule has 1 N–H and O–H groups in total. The van der Waals surface area contributed by atoms with E-state index >= 15 is 0 Å². The molecule has 0 bridgehead atoms. The number of rotatable bonds is 3. The monoisotopic (exact) mass is 301 g/mol. The predicted octanol–water partition coefficient (Wildman–Crippen LogP) is 3.82. The molecular formula is C16H16ClN3O. The Morgan fingerprint density at radius 3 is 2.81 bits per heavy atom. The van der Waals surface area contributed by atoms with E-state index in [1.165, 1.54) is 6.33 Å². The van der Waals surface area contributed by atoms with Crippen molar-refractivity contribution in [1.29, 1.82) is 0 Å². The van der Waals surface area contributed by atoms with Crippen LogP contribution in [0.1, 0.15) is 25.5 Å². The first kappa shape index (κ1) is 14.0. The molecule has 2 aromatic heterocycles. The van der Waals surface area contributed by atoms with E-state index in [1.54, 1.807) is 0 Å². The minimum atomic E-state index is 0.0148. The van der Waals surface area contributed by atoms with Gasteiger partial charge in [-0.05, 0) is 31.0 Å². The van der Waals surface area contributed by atoms with Crippen LogP contribution in [0.2, 0.25) is 5.15 Å². The molecule has 108 valence electrons. The van der Waals surface area contributed by atoms with Crippen LogP contribution in [0, 0.1) is 0 Å². The van der Waals surface area contributed by atoms with Gasteiger partial charge in [0.2, 0.25) is 0 Å². The minimum absolute atomic E-state index is 0.0148. The molecule has 0 aliphatic heterocycles. The van der Waals surface area contributed by atoms with Crippen molar-refractivity contribution in [3.05, 3.63) is 47.5 Å². The van der Waals surface area contributed by atoms with E-state index in [0.717, 1.165) is 27.7 Å². The molecular weight excluding hydrogens is 286 g/mol. The fourth-order valence-corrected chi connectivity index (χ4v) is 2.73. The van der Waals surface area contributed by atoms with Gasteiger partial charge in [-0.1, -0.05) is 29.8 Å². The summed E-state index contributed by atoms with van der Waals surface area (Å²) in [6.45, 7) is 4.22. The number of aliphatic hydroxyl groups is 1. The lowest BCUT2D eigenvalue weighted by Crippen LogP contribution is -1.99. The van der Waals surface area contributed by atoms with Gasteiger partial charge in [0.25, 0.3) is 0 Å². The minimum Gasteiger partial charge on any atom is -0.392 e. The van der Waals surface area contributed by atoms with Gasteiger partial charge < -0.3 is 9.67 Å². The Hall–Kier alpha value is -1.91. The smallest absolute Gasteiger partial charge is 0.145 e. The van der Waals surface area contributed by atoms with Gasteiger partial charge in [0.1, 0.15) is 17.1 Å². The normalized spacial score (nSPS) is 11.5. The second kappa shape index (κ2) is 5.47. The number of hydrogen-bond acceptors (Lipinski definition) is 3. The molecule has 2 heterocycles. The maximum absolute atomic E-state index is 9.31. The Morgan fingerprint density at radius 2 is 2.10 bits per heavy atom. The van der Waals surface area contributed by atoms with E-state index in [2.05, 4.69) is 28.4 Å². The van der Waals surface area contributed by atoms with Gasteiger partial charge in [-0.25, -0.2) is 9.97 Å². The van der Waals surface area contributed by atoms with Crippen LogP contribution in [0.15, 0.2) is 36.8 Å². The zero-order valence-electron chi connectivity index (χ0n) is 11.9. The number of fused-ring (bicyclic) bond motifs is 1. The summed E-state index contributed by atoms with van der Waals surface area (Å²) in [4.78, 5) is 8.47. The highest BCUT2D eigenvalue weighted by atomic mass is 35.5. The van der Waals surface area contributed by atoms with Gasteiger partial charge in [-0.15, -0.1) is 0 Å². The van der Waals surface area contributed by atoms with Crippen molar-refractivity contribution >= 4 is 22.6 Å². The summed E-state index contributed by atoms with van der Waals surface area (Å²) in [5.74, 6) is 0. The highest BCUT2D eigenvalue weighted by molar-refractivity contribution is 6.35. The number of hydrogen-bond donors (Lipinski definition) is 1. The first-order valence-corrected chi connectivity index (χ1v) is 7.21. The highest BCUT2D eigenvalue weighted by Gasteiger charge is 2.16. The van der Waals surface area contributed by atoms with Crippen LogP contribution in [-0.4, -0.2) is 19.6 Å². The summed E-state index contributed by atoms with van der Waals surface area (Å²) in [6.07, 6.45) is 3.53. The summed E-state index contributed by atoms with van der Waals surface area (Å²) in [7, 11) is 0. The summed E-state index contributed by atoms with van der Waals surface area (Å²) in [5, 5.41) is 10.6. The highest BCUT2D eigenvalue weighted by Crippen LogP contribution is 2.35. The van der Waals surface area contributed by atoms with Crippen molar-refractivity contribution in [3.8, 4) is 11.1 Å². The van der Waals surface area contributed by atoms with E-state index in [4.69, 9.17) is 11.6 Å². The molecule has 21 heavy (non-hydrogen) atoms. The van der Waals surface area contributed by atoms with E-state index in [-0.39, 0.29) is 12.6 Å². The lowest BCUT2D eigenvalue weighted by atomic mass is 10.0. The van der Waals surface area contributed by atoms with Crippen LogP contribution in [-0.2, 0) is 6.61 Å². The largest absolute Gasteiger partial charge is 0.392 e. The third-order valence-electron chi connectivity index (χ3n) is 3.54.